The zero-order valence-corrected chi connectivity index (χ0v) is 13.4. The normalized spacial score (nSPS) is 12.5. The Labute approximate surface area is 125 Å². The maximum atomic E-state index is 12.0. The van der Waals surface area contributed by atoms with Crippen LogP contribution in [0, 0.1) is 0 Å². The molecule has 7 heteroatoms. The fraction of sp³-hybridized carbons (Fsp3) is 0.643. The van der Waals surface area contributed by atoms with Gasteiger partial charge in [0.25, 0.3) is 5.91 Å². The van der Waals surface area contributed by atoms with Gasteiger partial charge in [0, 0.05) is 25.3 Å². The second kappa shape index (κ2) is 7.78. The number of nitrogens with zero attached hydrogens (tertiary/aromatic N) is 3. The van der Waals surface area contributed by atoms with Crippen LogP contribution in [0.5, 0.6) is 0 Å². The van der Waals surface area contributed by atoms with Crippen LogP contribution in [-0.4, -0.2) is 59.7 Å². The molecule has 0 bridgehead atoms. The van der Waals surface area contributed by atoms with Crippen molar-refractivity contribution in [1.29, 1.82) is 0 Å². The number of likely N-dealkylation sites (N-methyl/N-ethyl adjacent to an activating group) is 1. The second-order valence-corrected chi connectivity index (χ2v) is 5.56. The Kier molecular flexibility index (Phi) is 6.36. The van der Waals surface area contributed by atoms with Crippen molar-refractivity contribution >= 4 is 11.8 Å². The first-order chi connectivity index (χ1) is 9.81. The van der Waals surface area contributed by atoms with Gasteiger partial charge >= 0.3 is 0 Å². The molecule has 2 N–H and O–H groups in total. The smallest absolute Gasteiger partial charge is 0.272 e. The SMILES string of the molecule is CC(C)n1ccc(C(=O)N[C@H](C)C(=O)NCCN(C)C)n1. The van der Waals surface area contributed by atoms with Crippen LogP contribution in [0.25, 0.3) is 0 Å². The third-order valence-electron chi connectivity index (χ3n) is 2.97. The zero-order valence-electron chi connectivity index (χ0n) is 13.4. The molecule has 21 heavy (non-hydrogen) atoms. The number of rotatable bonds is 7. The Morgan fingerprint density at radius 1 is 1.33 bits per heavy atom. The number of hydrogen-bond acceptors (Lipinski definition) is 4. The number of amides is 2. The summed E-state index contributed by atoms with van der Waals surface area (Å²) in [4.78, 5) is 25.8. The lowest BCUT2D eigenvalue weighted by Crippen LogP contribution is -2.46. The lowest BCUT2D eigenvalue weighted by atomic mass is 10.3. The Hall–Kier alpha value is -1.89. The Morgan fingerprint density at radius 2 is 2.00 bits per heavy atom. The van der Waals surface area contributed by atoms with Crippen LogP contribution in [0.4, 0.5) is 0 Å². The minimum atomic E-state index is -0.594. The molecule has 1 atom stereocenters. The van der Waals surface area contributed by atoms with Gasteiger partial charge in [-0.05, 0) is 40.9 Å². The number of aromatic nitrogens is 2. The molecule has 1 aromatic rings. The van der Waals surface area contributed by atoms with Crippen molar-refractivity contribution in [2.45, 2.75) is 32.9 Å². The molecular weight excluding hydrogens is 270 g/mol. The van der Waals surface area contributed by atoms with E-state index in [9.17, 15) is 9.59 Å². The molecule has 1 heterocycles. The second-order valence-electron chi connectivity index (χ2n) is 5.56. The maximum absolute atomic E-state index is 12.0. The van der Waals surface area contributed by atoms with Gasteiger partial charge in [0.05, 0.1) is 0 Å². The zero-order chi connectivity index (χ0) is 16.0. The molecule has 0 radical (unpaired) electrons. The third-order valence-corrected chi connectivity index (χ3v) is 2.97. The fourth-order valence-corrected chi connectivity index (χ4v) is 1.64. The highest BCUT2D eigenvalue weighted by molar-refractivity contribution is 5.95. The Morgan fingerprint density at radius 3 is 2.52 bits per heavy atom. The summed E-state index contributed by atoms with van der Waals surface area (Å²) in [5.74, 6) is -0.543. The van der Waals surface area contributed by atoms with Crippen LogP contribution >= 0.6 is 0 Å². The van der Waals surface area contributed by atoms with Crippen LogP contribution in [0.2, 0.25) is 0 Å². The van der Waals surface area contributed by atoms with E-state index in [1.807, 2.05) is 32.8 Å². The quantitative estimate of drug-likeness (QED) is 0.756. The van der Waals surface area contributed by atoms with Gasteiger partial charge in [0.1, 0.15) is 11.7 Å². The molecule has 0 aliphatic carbocycles. The molecular formula is C14H25N5O2. The lowest BCUT2D eigenvalue weighted by molar-refractivity contribution is -0.122. The van der Waals surface area contributed by atoms with Crippen molar-refractivity contribution in [2.24, 2.45) is 0 Å². The van der Waals surface area contributed by atoms with E-state index in [1.54, 1.807) is 23.9 Å². The van der Waals surface area contributed by atoms with Gasteiger partial charge in [0.15, 0.2) is 0 Å². The van der Waals surface area contributed by atoms with E-state index >= 15 is 0 Å². The summed E-state index contributed by atoms with van der Waals surface area (Å²) in [6.07, 6.45) is 1.75. The first-order valence-corrected chi connectivity index (χ1v) is 7.09. The molecule has 0 spiro atoms. The predicted octanol–water partition coefficient (Wildman–Crippen LogP) is 0.260. The minimum Gasteiger partial charge on any atom is -0.353 e. The summed E-state index contributed by atoms with van der Waals surface area (Å²) in [5.41, 5.74) is 0.316. The van der Waals surface area contributed by atoms with Crippen molar-refractivity contribution in [3.05, 3.63) is 18.0 Å². The molecule has 7 nitrogen and oxygen atoms in total. The van der Waals surface area contributed by atoms with Crippen LogP contribution in [0.3, 0.4) is 0 Å². The van der Waals surface area contributed by atoms with E-state index in [4.69, 9.17) is 0 Å². The van der Waals surface area contributed by atoms with E-state index in [0.717, 1.165) is 6.54 Å². The summed E-state index contributed by atoms with van der Waals surface area (Å²) in [5, 5.41) is 9.59. The van der Waals surface area contributed by atoms with E-state index in [1.165, 1.54) is 0 Å². The van der Waals surface area contributed by atoms with Crippen LogP contribution in [0.15, 0.2) is 12.3 Å². The summed E-state index contributed by atoms with van der Waals surface area (Å²) in [7, 11) is 3.87. The first-order valence-electron chi connectivity index (χ1n) is 7.09. The van der Waals surface area contributed by atoms with Gasteiger partial charge in [-0.25, -0.2) is 0 Å². The van der Waals surface area contributed by atoms with E-state index in [0.29, 0.717) is 12.2 Å². The van der Waals surface area contributed by atoms with Gasteiger partial charge in [-0.2, -0.15) is 5.10 Å². The summed E-state index contributed by atoms with van der Waals surface area (Å²) in [6, 6.07) is 1.24. The molecule has 118 valence electrons. The highest BCUT2D eigenvalue weighted by Crippen LogP contribution is 2.04. The molecule has 0 unspecified atom stereocenters. The number of nitrogens with one attached hydrogen (secondary N) is 2. The van der Waals surface area contributed by atoms with Gasteiger partial charge in [-0.1, -0.05) is 0 Å². The summed E-state index contributed by atoms with van der Waals surface area (Å²) in [6.45, 7) is 6.92. The van der Waals surface area contributed by atoms with E-state index in [-0.39, 0.29) is 17.9 Å². The lowest BCUT2D eigenvalue weighted by Gasteiger charge is -2.15. The molecule has 0 aliphatic heterocycles. The van der Waals surface area contributed by atoms with E-state index in [2.05, 4.69) is 15.7 Å². The summed E-state index contributed by atoms with van der Waals surface area (Å²) < 4.78 is 1.71. The highest BCUT2D eigenvalue weighted by atomic mass is 16.2. The largest absolute Gasteiger partial charge is 0.353 e. The maximum Gasteiger partial charge on any atom is 0.272 e. The molecule has 0 saturated heterocycles. The van der Waals surface area contributed by atoms with Crippen LogP contribution < -0.4 is 10.6 Å². The molecule has 0 aromatic carbocycles. The average molecular weight is 295 g/mol. The number of carbonyl (C=O) groups is 2. The van der Waals surface area contributed by atoms with Gasteiger partial charge < -0.3 is 15.5 Å². The molecule has 0 aliphatic rings. The van der Waals surface area contributed by atoms with Gasteiger partial charge in [-0.15, -0.1) is 0 Å². The number of hydrogen-bond donors (Lipinski definition) is 2. The van der Waals surface area contributed by atoms with Crippen molar-refractivity contribution in [1.82, 2.24) is 25.3 Å². The Bertz CT molecular complexity index is 481. The van der Waals surface area contributed by atoms with Crippen LogP contribution in [-0.2, 0) is 4.79 Å². The predicted molar refractivity (Wildman–Crippen MR) is 81.1 cm³/mol. The molecule has 2 amide bonds. The van der Waals surface area contributed by atoms with Crippen molar-refractivity contribution in [2.75, 3.05) is 27.2 Å². The molecule has 0 saturated carbocycles. The summed E-state index contributed by atoms with van der Waals surface area (Å²) >= 11 is 0. The fourth-order valence-electron chi connectivity index (χ4n) is 1.64. The minimum absolute atomic E-state index is 0.193. The molecule has 1 rings (SSSR count). The van der Waals surface area contributed by atoms with Gasteiger partial charge in [0.2, 0.25) is 5.91 Å². The monoisotopic (exact) mass is 295 g/mol. The number of carbonyl (C=O) groups excluding carboxylic acids is 2. The van der Waals surface area contributed by atoms with Crippen molar-refractivity contribution in [3.63, 3.8) is 0 Å². The third kappa shape index (κ3) is 5.55. The first kappa shape index (κ1) is 17.2. The van der Waals surface area contributed by atoms with Crippen molar-refractivity contribution < 1.29 is 9.59 Å². The van der Waals surface area contributed by atoms with Crippen LogP contribution in [0.1, 0.15) is 37.3 Å². The molecule has 0 fully saturated rings. The van der Waals surface area contributed by atoms with E-state index < -0.39 is 6.04 Å². The standard InChI is InChI=1S/C14H25N5O2/c1-10(2)19-8-6-12(17-19)14(21)16-11(3)13(20)15-7-9-18(4)5/h6,8,10-11H,7,9H2,1-5H3,(H,15,20)(H,16,21)/t11-/m1/s1. The van der Waals surface area contributed by atoms with Gasteiger partial charge in [-0.3, -0.25) is 14.3 Å². The highest BCUT2D eigenvalue weighted by Gasteiger charge is 2.18. The van der Waals surface area contributed by atoms with Crippen molar-refractivity contribution in [3.8, 4) is 0 Å². The molecule has 1 aromatic heterocycles. The Balaban J connectivity index is 2.47. The topological polar surface area (TPSA) is 79.3 Å². The average Bonchev–Trinajstić information content (AvgIpc) is 2.87.